The van der Waals surface area contributed by atoms with Crippen molar-refractivity contribution in [3.05, 3.63) is 65.5 Å². The smallest absolute Gasteiger partial charge is 0.490 e. The predicted octanol–water partition coefficient (Wildman–Crippen LogP) is 2.13. The molecule has 2 fully saturated rings. The van der Waals surface area contributed by atoms with Crippen molar-refractivity contribution in [1.29, 1.82) is 0 Å². The van der Waals surface area contributed by atoms with Gasteiger partial charge < -0.3 is 15.6 Å². The number of sulfone groups is 1. The van der Waals surface area contributed by atoms with E-state index in [4.69, 9.17) is 20.4 Å². The van der Waals surface area contributed by atoms with E-state index in [2.05, 4.69) is 0 Å². The number of carboxylic acid groups (broad SMARTS) is 1. The third-order valence-electron chi connectivity index (χ3n) is 6.45. The topological polar surface area (TPSA) is 147 Å². The number of alkyl halides is 3. The van der Waals surface area contributed by atoms with Crippen LogP contribution in [0.3, 0.4) is 0 Å². The molecule has 2 aromatic rings. The Hall–Kier alpha value is -2.79. The van der Waals surface area contributed by atoms with Crippen LogP contribution in [-0.4, -0.2) is 86.5 Å². The van der Waals surface area contributed by atoms with E-state index in [1.165, 1.54) is 14.7 Å². The molecule has 4 rings (SSSR count). The van der Waals surface area contributed by atoms with E-state index in [0.29, 0.717) is 24.3 Å². The largest absolute Gasteiger partial charge is 0.492 e. The van der Waals surface area contributed by atoms with Crippen LogP contribution in [-0.2, 0) is 31.4 Å². The summed E-state index contributed by atoms with van der Waals surface area (Å²) < 4.78 is 105. The van der Waals surface area contributed by atoms with Crippen molar-refractivity contribution in [2.75, 3.05) is 37.7 Å². The first-order valence-corrected chi connectivity index (χ1v) is 15.3. The average Bonchev–Trinajstić information content (AvgIpc) is 3.32. The van der Waals surface area contributed by atoms with Crippen molar-refractivity contribution < 1.29 is 49.0 Å². The average molecular weight is 612 g/mol. The highest BCUT2D eigenvalue weighted by Gasteiger charge is 2.44. The van der Waals surface area contributed by atoms with Crippen LogP contribution < -0.4 is 10.5 Å². The van der Waals surface area contributed by atoms with Gasteiger partial charge in [-0.25, -0.2) is 17.6 Å². The maximum atomic E-state index is 14.5. The fourth-order valence-electron chi connectivity index (χ4n) is 4.38. The number of benzene rings is 2. The summed E-state index contributed by atoms with van der Waals surface area (Å²) in [5, 5.41) is 7.12. The number of carbonyl (C=O) groups is 1. The van der Waals surface area contributed by atoms with E-state index >= 15 is 0 Å². The van der Waals surface area contributed by atoms with Gasteiger partial charge >= 0.3 is 12.1 Å². The highest BCUT2D eigenvalue weighted by Crippen LogP contribution is 2.36. The number of ether oxygens (including phenoxy) is 1. The predicted molar refractivity (Wildman–Crippen MR) is 137 cm³/mol. The van der Waals surface area contributed by atoms with Crippen LogP contribution in [0.15, 0.2) is 48.5 Å². The van der Waals surface area contributed by atoms with Gasteiger partial charge in [-0.15, -0.1) is 0 Å². The summed E-state index contributed by atoms with van der Waals surface area (Å²) >= 11 is 0. The van der Waals surface area contributed by atoms with Crippen molar-refractivity contribution in [2.45, 2.75) is 31.1 Å². The summed E-state index contributed by atoms with van der Waals surface area (Å²) in [5.74, 6) is -3.30. The van der Waals surface area contributed by atoms with Crippen LogP contribution in [0, 0.1) is 5.82 Å². The zero-order valence-corrected chi connectivity index (χ0v) is 22.8. The van der Waals surface area contributed by atoms with E-state index < -0.39 is 38.2 Å². The Labute approximate surface area is 229 Å². The maximum absolute atomic E-state index is 14.5. The third-order valence-corrected chi connectivity index (χ3v) is 10.1. The monoisotopic (exact) mass is 611 g/mol. The van der Waals surface area contributed by atoms with E-state index in [1.807, 2.05) is 12.1 Å². The SMILES string of the molecule is NCc1cccc(OCC2CC(c3ccccc3F)CN2S(=O)(=O)N2CCS(=O)(=O)CC2)c1.O=C(O)C(F)(F)F. The van der Waals surface area contributed by atoms with Crippen LogP contribution in [0.2, 0.25) is 0 Å². The zero-order chi connectivity index (χ0) is 29.7. The number of rotatable bonds is 7. The molecule has 0 spiro atoms. The molecular weight excluding hydrogens is 582 g/mol. The molecule has 0 radical (unpaired) electrons. The molecule has 2 atom stereocenters. The van der Waals surface area contributed by atoms with Crippen LogP contribution in [0.4, 0.5) is 17.6 Å². The van der Waals surface area contributed by atoms with Gasteiger partial charge in [-0.05, 0) is 35.7 Å². The Morgan fingerprint density at radius 3 is 2.30 bits per heavy atom. The highest BCUT2D eigenvalue weighted by molar-refractivity contribution is 7.91. The van der Waals surface area contributed by atoms with Crippen molar-refractivity contribution in [3.63, 3.8) is 0 Å². The minimum absolute atomic E-state index is 0.0857. The first-order chi connectivity index (χ1) is 18.6. The lowest BCUT2D eigenvalue weighted by Gasteiger charge is -2.32. The summed E-state index contributed by atoms with van der Waals surface area (Å²) in [6.07, 6.45) is -4.69. The Bertz CT molecular complexity index is 1390. The quantitative estimate of drug-likeness (QED) is 0.453. The Kier molecular flexibility index (Phi) is 10.2. The van der Waals surface area contributed by atoms with Crippen molar-refractivity contribution in [3.8, 4) is 5.75 Å². The molecule has 2 aliphatic heterocycles. The van der Waals surface area contributed by atoms with E-state index in [0.717, 1.165) is 5.56 Å². The molecule has 2 unspecified atom stereocenters. The van der Waals surface area contributed by atoms with Crippen LogP contribution in [0.1, 0.15) is 23.5 Å². The lowest BCUT2D eigenvalue weighted by atomic mass is 9.96. The first kappa shape index (κ1) is 31.7. The minimum Gasteiger partial charge on any atom is -0.492 e. The number of nitrogens with zero attached hydrogens (tertiary/aromatic N) is 2. The van der Waals surface area contributed by atoms with Crippen LogP contribution in [0.5, 0.6) is 5.75 Å². The second kappa shape index (κ2) is 12.8. The Morgan fingerprint density at radius 1 is 1.10 bits per heavy atom. The molecule has 2 saturated heterocycles. The second-order valence-electron chi connectivity index (χ2n) is 9.20. The molecule has 222 valence electrons. The molecule has 3 N–H and O–H groups in total. The normalized spacial score (nSPS) is 21.8. The molecule has 0 aliphatic carbocycles. The molecule has 0 aromatic heterocycles. The number of carboxylic acids is 1. The fourth-order valence-corrected chi connectivity index (χ4v) is 7.65. The van der Waals surface area contributed by atoms with Crippen molar-refractivity contribution in [1.82, 2.24) is 8.61 Å². The van der Waals surface area contributed by atoms with E-state index in [1.54, 1.807) is 30.3 Å². The van der Waals surface area contributed by atoms with E-state index in [-0.39, 0.29) is 49.5 Å². The van der Waals surface area contributed by atoms with E-state index in [9.17, 15) is 34.4 Å². The summed E-state index contributed by atoms with van der Waals surface area (Å²) in [7, 11) is -7.19. The number of hydrogen-bond donors (Lipinski definition) is 2. The van der Waals surface area contributed by atoms with Gasteiger partial charge in [0.05, 0.1) is 17.5 Å². The molecular formula is C24H29F4N3O7S2. The summed E-state index contributed by atoms with van der Waals surface area (Å²) in [4.78, 5) is 8.90. The standard InChI is InChI=1S/C22H28FN3O5S2.C2HF3O2/c23-22-7-2-1-6-21(22)18-13-19(16-31-20-5-3-4-17(12-20)14-24)26(15-18)33(29,30)25-8-10-32(27,28)11-9-25;3-2(4,5)1(6)7/h1-7,12,18-19H,8-11,13-16,24H2;(H,6,7). The minimum atomic E-state index is -5.08. The molecule has 10 nitrogen and oxygen atoms in total. The van der Waals surface area contributed by atoms with Gasteiger partial charge in [0.15, 0.2) is 9.84 Å². The molecule has 0 amide bonds. The van der Waals surface area contributed by atoms with Gasteiger partial charge in [0, 0.05) is 32.1 Å². The van der Waals surface area contributed by atoms with Crippen LogP contribution >= 0.6 is 0 Å². The fraction of sp³-hybridized carbons (Fsp3) is 0.458. The second-order valence-corrected chi connectivity index (χ2v) is 13.4. The molecule has 2 aromatic carbocycles. The van der Waals surface area contributed by atoms with Gasteiger partial charge in [-0.3, -0.25) is 0 Å². The summed E-state index contributed by atoms with van der Waals surface area (Å²) in [5.41, 5.74) is 7.04. The lowest BCUT2D eigenvalue weighted by molar-refractivity contribution is -0.192. The third kappa shape index (κ3) is 8.13. The molecule has 16 heteroatoms. The van der Waals surface area contributed by atoms with Gasteiger partial charge in [0.2, 0.25) is 0 Å². The first-order valence-electron chi connectivity index (χ1n) is 12.1. The van der Waals surface area contributed by atoms with Gasteiger partial charge in [-0.1, -0.05) is 30.3 Å². The Balaban J connectivity index is 0.000000559. The van der Waals surface area contributed by atoms with Crippen molar-refractivity contribution in [2.24, 2.45) is 5.73 Å². The number of nitrogens with two attached hydrogens (primary N) is 1. The van der Waals surface area contributed by atoms with Gasteiger partial charge in [-0.2, -0.15) is 30.2 Å². The van der Waals surface area contributed by atoms with Gasteiger partial charge in [0.1, 0.15) is 18.2 Å². The Morgan fingerprint density at radius 2 is 1.73 bits per heavy atom. The molecule has 0 saturated carbocycles. The molecule has 2 aliphatic rings. The lowest BCUT2D eigenvalue weighted by Crippen LogP contribution is -2.52. The van der Waals surface area contributed by atoms with Crippen molar-refractivity contribution >= 4 is 26.0 Å². The number of halogens is 4. The number of aliphatic carboxylic acids is 1. The van der Waals surface area contributed by atoms with Gasteiger partial charge in [0.25, 0.3) is 10.2 Å². The van der Waals surface area contributed by atoms with Crippen LogP contribution in [0.25, 0.3) is 0 Å². The molecule has 0 bridgehead atoms. The maximum Gasteiger partial charge on any atom is 0.490 e. The number of hydrogen-bond acceptors (Lipinski definition) is 7. The zero-order valence-electron chi connectivity index (χ0n) is 21.1. The molecule has 40 heavy (non-hydrogen) atoms. The summed E-state index contributed by atoms with van der Waals surface area (Å²) in [6, 6.07) is 13.1. The summed E-state index contributed by atoms with van der Waals surface area (Å²) in [6.45, 7) is 0.372. The highest BCUT2D eigenvalue weighted by atomic mass is 32.2. The molecule has 2 heterocycles.